The van der Waals surface area contributed by atoms with Crippen molar-refractivity contribution in [3.05, 3.63) is 0 Å². The minimum absolute atomic E-state index is 0.0722. The first kappa shape index (κ1) is 15.8. The van der Waals surface area contributed by atoms with E-state index in [9.17, 15) is 4.79 Å². The van der Waals surface area contributed by atoms with Gasteiger partial charge < -0.3 is 4.90 Å². The quantitative estimate of drug-likeness (QED) is 0.631. The Morgan fingerprint density at radius 3 is 1.62 bits per heavy atom. The third-order valence-electron chi connectivity index (χ3n) is 2.60. The molecule has 0 saturated heterocycles. The van der Waals surface area contributed by atoms with E-state index in [1.165, 1.54) is 0 Å². The van der Waals surface area contributed by atoms with E-state index in [1.54, 1.807) is 6.92 Å². The first-order valence-electron chi connectivity index (χ1n) is 6.27. The molecule has 16 heavy (non-hydrogen) atoms. The lowest BCUT2D eigenvalue weighted by Gasteiger charge is -2.25. The van der Waals surface area contributed by atoms with Crippen LogP contribution in [0.2, 0.25) is 0 Å². The third-order valence-corrected chi connectivity index (χ3v) is 2.79. The van der Waals surface area contributed by atoms with E-state index >= 15 is 0 Å². The van der Waals surface area contributed by atoms with Gasteiger partial charge in [0, 0.05) is 13.1 Å². The zero-order chi connectivity index (χ0) is 12.7. The lowest BCUT2D eigenvalue weighted by molar-refractivity contribution is -0.130. The first-order valence-corrected chi connectivity index (χ1v) is 6.71. The van der Waals surface area contributed by atoms with Crippen molar-refractivity contribution in [1.82, 2.24) is 4.90 Å². The fraction of sp³-hybridized carbons (Fsp3) is 0.923. The van der Waals surface area contributed by atoms with Crippen LogP contribution in [0.4, 0.5) is 0 Å². The Balaban J connectivity index is 4.21. The molecular weight excluding hydrogens is 222 g/mol. The highest BCUT2D eigenvalue weighted by Crippen LogP contribution is 2.10. The van der Waals surface area contributed by atoms with E-state index in [2.05, 4.69) is 27.7 Å². The number of halogens is 1. The summed E-state index contributed by atoms with van der Waals surface area (Å²) >= 11 is 5.86. The van der Waals surface area contributed by atoms with Crippen LogP contribution in [0.5, 0.6) is 0 Å². The summed E-state index contributed by atoms with van der Waals surface area (Å²) in [6.45, 7) is 12.1. The molecule has 1 amide bonds. The Kier molecular flexibility index (Phi) is 7.82. The molecule has 1 unspecified atom stereocenters. The molecule has 0 aromatic heterocycles. The van der Waals surface area contributed by atoms with Crippen LogP contribution in [0.25, 0.3) is 0 Å². The van der Waals surface area contributed by atoms with Gasteiger partial charge in [-0.25, -0.2) is 0 Å². The van der Waals surface area contributed by atoms with Gasteiger partial charge in [0.25, 0.3) is 0 Å². The number of carbonyl (C=O) groups excluding carboxylic acids is 1. The van der Waals surface area contributed by atoms with Gasteiger partial charge in [0.15, 0.2) is 0 Å². The molecule has 0 aromatic rings. The van der Waals surface area contributed by atoms with Gasteiger partial charge in [-0.1, -0.05) is 27.7 Å². The highest BCUT2D eigenvalue weighted by Gasteiger charge is 2.18. The fourth-order valence-electron chi connectivity index (χ4n) is 1.41. The van der Waals surface area contributed by atoms with Crippen LogP contribution >= 0.6 is 11.6 Å². The second-order valence-corrected chi connectivity index (χ2v) is 5.96. The summed E-state index contributed by atoms with van der Waals surface area (Å²) in [5.41, 5.74) is 0. The molecule has 0 spiro atoms. The van der Waals surface area contributed by atoms with Crippen molar-refractivity contribution in [2.45, 2.75) is 52.8 Å². The van der Waals surface area contributed by atoms with Crippen LogP contribution in [0, 0.1) is 11.8 Å². The van der Waals surface area contributed by atoms with Crippen molar-refractivity contribution < 1.29 is 4.79 Å². The van der Waals surface area contributed by atoms with Crippen molar-refractivity contribution in [1.29, 1.82) is 0 Å². The number of rotatable bonds is 7. The van der Waals surface area contributed by atoms with E-state index in [-0.39, 0.29) is 5.91 Å². The summed E-state index contributed by atoms with van der Waals surface area (Å²) in [4.78, 5) is 13.8. The number of alkyl halides is 1. The molecule has 96 valence electrons. The topological polar surface area (TPSA) is 20.3 Å². The Morgan fingerprint density at radius 2 is 1.38 bits per heavy atom. The minimum Gasteiger partial charge on any atom is -0.341 e. The van der Waals surface area contributed by atoms with Crippen molar-refractivity contribution >= 4 is 17.5 Å². The molecule has 0 aliphatic heterocycles. The van der Waals surface area contributed by atoms with Gasteiger partial charge in [-0.15, -0.1) is 11.6 Å². The molecule has 0 heterocycles. The van der Waals surface area contributed by atoms with Crippen molar-refractivity contribution in [2.24, 2.45) is 11.8 Å². The standard InChI is InChI=1S/C13H26ClNO/c1-10(2)6-8-15(9-7-11(3)4)13(16)12(5)14/h10-12H,6-9H2,1-5H3. The van der Waals surface area contributed by atoms with Crippen LogP contribution in [0.3, 0.4) is 0 Å². The molecule has 0 bridgehead atoms. The normalized spacial score (nSPS) is 13.2. The number of carbonyl (C=O) groups is 1. The Labute approximate surface area is 105 Å². The SMILES string of the molecule is CC(C)CCN(CCC(C)C)C(=O)C(C)Cl. The third kappa shape index (κ3) is 7.10. The molecule has 0 aliphatic carbocycles. The highest BCUT2D eigenvalue weighted by atomic mass is 35.5. The Hall–Kier alpha value is -0.240. The van der Waals surface area contributed by atoms with Crippen molar-refractivity contribution in [3.8, 4) is 0 Å². The molecule has 0 aliphatic rings. The molecule has 2 nitrogen and oxygen atoms in total. The number of hydrogen-bond acceptors (Lipinski definition) is 1. The molecule has 0 saturated carbocycles. The van der Waals surface area contributed by atoms with Gasteiger partial charge in [-0.05, 0) is 31.6 Å². The summed E-state index contributed by atoms with van der Waals surface area (Å²) in [5.74, 6) is 1.32. The number of hydrogen-bond donors (Lipinski definition) is 0. The van der Waals surface area contributed by atoms with E-state index < -0.39 is 5.38 Å². The van der Waals surface area contributed by atoms with Crippen LogP contribution in [0.1, 0.15) is 47.5 Å². The van der Waals surface area contributed by atoms with Crippen molar-refractivity contribution in [3.63, 3.8) is 0 Å². The Morgan fingerprint density at radius 1 is 1.00 bits per heavy atom. The zero-order valence-electron chi connectivity index (χ0n) is 11.3. The minimum atomic E-state index is -0.403. The summed E-state index contributed by atoms with van der Waals surface area (Å²) in [5, 5.41) is -0.403. The van der Waals surface area contributed by atoms with Gasteiger partial charge in [0.05, 0.1) is 0 Å². The molecular formula is C13H26ClNO. The molecule has 0 rings (SSSR count). The van der Waals surface area contributed by atoms with Gasteiger partial charge in [-0.3, -0.25) is 4.79 Å². The van der Waals surface area contributed by atoms with E-state index in [4.69, 9.17) is 11.6 Å². The number of nitrogens with zero attached hydrogens (tertiary/aromatic N) is 1. The number of amides is 1. The molecule has 0 fully saturated rings. The fourth-order valence-corrected chi connectivity index (χ4v) is 1.55. The maximum absolute atomic E-state index is 11.9. The summed E-state index contributed by atoms with van der Waals surface area (Å²) in [7, 11) is 0. The largest absolute Gasteiger partial charge is 0.341 e. The molecule has 0 radical (unpaired) electrons. The molecule has 0 N–H and O–H groups in total. The van der Waals surface area contributed by atoms with E-state index in [0.717, 1.165) is 25.9 Å². The van der Waals surface area contributed by atoms with E-state index in [0.29, 0.717) is 11.8 Å². The van der Waals surface area contributed by atoms with Crippen LogP contribution < -0.4 is 0 Å². The van der Waals surface area contributed by atoms with Crippen LogP contribution in [0.15, 0.2) is 0 Å². The average Bonchev–Trinajstić information content (AvgIpc) is 2.16. The summed E-state index contributed by atoms with van der Waals surface area (Å²) < 4.78 is 0. The van der Waals surface area contributed by atoms with Crippen LogP contribution in [-0.2, 0) is 4.79 Å². The monoisotopic (exact) mass is 247 g/mol. The summed E-state index contributed by atoms with van der Waals surface area (Å²) in [6, 6.07) is 0. The van der Waals surface area contributed by atoms with Crippen molar-refractivity contribution in [2.75, 3.05) is 13.1 Å². The molecule has 1 atom stereocenters. The Bertz CT molecular complexity index is 190. The van der Waals surface area contributed by atoms with E-state index in [1.807, 2.05) is 4.90 Å². The van der Waals surface area contributed by atoms with Gasteiger partial charge in [0.2, 0.25) is 5.91 Å². The predicted molar refractivity (Wildman–Crippen MR) is 70.8 cm³/mol. The lowest BCUT2D eigenvalue weighted by Crippen LogP contribution is -2.38. The smallest absolute Gasteiger partial charge is 0.240 e. The maximum Gasteiger partial charge on any atom is 0.240 e. The van der Waals surface area contributed by atoms with Gasteiger partial charge in [-0.2, -0.15) is 0 Å². The lowest BCUT2D eigenvalue weighted by atomic mass is 10.1. The average molecular weight is 248 g/mol. The predicted octanol–water partition coefficient (Wildman–Crippen LogP) is 3.53. The van der Waals surface area contributed by atoms with Gasteiger partial charge in [0.1, 0.15) is 5.38 Å². The zero-order valence-corrected chi connectivity index (χ0v) is 12.0. The summed E-state index contributed by atoms with van der Waals surface area (Å²) in [6.07, 6.45) is 2.10. The second kappa shape index (κ2) is 7.94. The van der Waals surface area contributed by atoms with Gasteiger partial charge >= 0.3 is 0 Å². The van der Waals surface area contributed by atoms with Crippen LogP contribution in [-0.4, -0.2) is 29.3 Å². The molecule has 0 aromatic carbocycles. The highest BCUT2D eigenvalue weighted by molar-refractivity contribution is 6.30. The maximum atomic E-state index is 11.9. The second-order valence-electron chi connectivity index (χ2n) is 5.31. The molecule has 3 heteroatoms. The first-order chi connectivity index (χ1) is 7.34.